The number of rotatable bonds is 3. The molecule has 0 atom stereocenters. The van der Waals surface area contributed by atoms with Gasteiger partial charge in [0.25, 0.3) is 0 Å². The maximum absolute atomic E-state index is 5.33. The number of benzene rings is 8. The first-order valence-corrected chi connectivity index (χ1v) is 17.0. The third-order valence-corrected chi connectivity index (χ3v) is 10.4. The van der Waals surface area contributed by atoms with Crippen molar-refractivity contribution in [2.24, 2.45) is 0 Å². The molecule has 0 spiro atoms. The van der Waals surface area contributed by atoms with Crippen LogP contribution in [0.4, 0.5) is 0 Å². The molecule has 3 nitrogen and oxygen atoms in total. The van der Waals surface area contributed by atoms with Crippen molar-refractivity contribution in [2.45, 2.75) is 0 Å². The normalized spacial score (nSPS) is 12.0. The molecule has 3 heterocycles. The van der Waals surface area contributed by atoms with Crippen LogP contribution in [0.3, 0.4) is 0 Å². The molecule has 0 aliphatic rings. The van der Waals surface area contributed by atoms with Gasteiger partial charge in [0.1, 0.15) is 0 Å². The number of hydrogen-bond donors (Lipinski definition) is 0. The van der Waals surface area contributed by atoms with Gasteiger partial charge in [-0.3, -0.25) is 0 Å². The molecule has 3 heteroatoms. The molecule has 0 saturated heterocycles. The lowest BCUT2D eigenvalue weighted by Crippen LogP contribution is -1.92. The Kier molecular flexibility index (Phi) is 5.67. The monoisotopic (exact) mass is 633 g/mol. The van der Waals surface area contributed by atoms with E-state index in [0.717, 1.165) is 71.7 Å². The summed E-state index contributed by atoms with van der Waals surface area (Å²) < 4.78 is 0. The third kappa shape index (κ3) is 4.01. The summed E-state index contributed by atoms with van der Waals surface area (Å²) in [4.78, 5) is 15.5. The van der Waals surface area contributed by atoms with Gasteiger partial charge in [-0.1, -0.05) is 140 Å². The van der Waals surface area contributed by atoms with Crippen molar-refractivity contribution in [1.29, 1.82) is 0 Å². The minimum atomic E-state index is 0.912. The van der Waals surface area contributed by atoms with Crippen LogP contribution in [0.15, 0.2) is 164 Å². The molecule has 0 N–H and O–H groups in total. The fraction of sp³-hybridized carbons (Fsp3) is 0. The summed E-state index contributed by atoms with van der Waals surface area (Å²) in [5.41, 5.74) is 10.3. The zero-order chi connectivity index (χ0) is 32.8. The van der Waals surface area contributed by atoms with Gasteiger partial charge in [-0.05, 0) is 62.1 Å². The molecule has 0 aliphatic heterocycles. The molecule has 50 heavy (non-hydrogen) atoms. The molecular weight excluding hydrogens is 607 g/mol. The minimum absolute atomic E-state index is 0.912. The lowest BCUT2D eigenvalue weighted by molar-refractivity contribution is 1.37. The summed E-state index contributed by atoms with van der Waals surface area (Å²) in [6, 6.07) is 58.4. The highest BCUT2D eigenvalue weighted by molar-refractivity contribution is 6.25. The molecule has 0 aliphatic carbocycles. The molecule has 0 bridgehead atoms. The van der Waals surface area contributed by atoms with Crippen molar-refractivity contribution in [3.63, 3.8) is 0 Å². The van der Waals surface area contributed by atoms with Crippen molar-refractivity contribution < 1.29 is 0 Å². The molecule has 0 fully saturated rings. The zero-order valence-electron chi connectivity index (χ0n) is 26.9. The van der Waals surface area contributed by atoms with Gasteiger partial charge in [-0.2, -0.15) is 0 Å². The van der Waals surface area contributed by atoms with Crippen LogP contribution in [0, 0.1) is 0 Å². The van der Waals surface area contributed by atoms with E-state index in [4.69, 9.17) is 15.0 Å². The first-order chi connectivity index (χ1) is 24.8. The second-order valence-electron chi connectivity index (χ2n) is 13.2. The molecule has 0 saturated carbocycles. The summed E-state index contributed by atoms with van der Waals surface area (Å²) in [6.45, 7) is 0. The van der Waals surface area contributed by atoms with Gasteiger partial charge in [0.2, 0.25) is 0 Å². The number of hydrogen-bond acceptors (Lipinski definition) is 3. The number of aromatic nitrogens is 3. The van der Waals surface area contributed by atoms with E-state index < -0.39 is 0 Å². The third-order valence-electron chi connectivity index (χ3n) is 10.4. The van der Waals surface area contributed by atoms with Crippen LogP contribution in [0.25, 0.3) is 110 Å². The van der Waals surface area contributed by atoms with Gasteiger partial charge < -0.3 is 0 Å². The van der Waals surface area contributed by atoms with Crippen molar-refractivity contribution >= 4 is 75.9 Å². The SMILES string of the molecule is c1cc2ccc3ccc(-c4ccc5ccc6ccc(-c7ccc(-c8c9ccccc9nc9ccccc89)cc7)nc6c5n4)c4ccc(c1)c2c34. The van der Waals surface area contributed by atoms with Crippen LogP contribution in [0.5, 0.6) is 0 Å². The Morgan fingerprint density at radius 3 is 1.52 bits per heavy atom. The average Bonchev–Trinajstić information content (AvgIpc) is 3.18. The zero-order valence-corrected chi connectivity index (χ0v) is 26.9. The van der Waals surface area contributed by atoms with Crippen LogP contribution in [-0.4, -0.2) is 15.0 Å². The fourth-order valence-corrected chi connectivity index (χ4v) is 8.00. The van der Waals surface area contributed by atoms with Crippen molar-refractivity contribution in [2.75, 3.05) is 0 Å². The Bertz CT molecular complexity index is 3070. The highest BCUT2D eigenvalue weighted by Crippen LogP contribution is 2.40. The van der Waals surface area contributed by atoms with E-state index in [1.807, 2.05) is 0 Å². The van der Waals surface area contributed by atoms with Crippen LogP contribution in [-0.2, 0) is 0 Å². The van der Waals surface area contributed by atoms with E-state index in [9.17, 15) is 0 Å². The van der Waals surface area contributed by atoms with Gasteiger partial charge in [0, 0.05) is 38.2 Å². The summed E-state index contributed by atoms with van der Waals surface area (Å²) in [5.74, 6) is 0. The summed E-state index contributed by atoms with van der Waals surface area (Å²) in [5, 5.41) is 12.1. The minimum Gasteiger partial charge on any atom is -0.248 e. The van der Waals surface area contributed by atoms with Crippen LogP contribution >= 0.6 is 0 Å². The number of para-hydroxylation sites is 2. The van der Waals surface area contributed by atoms with Crippen molar-refractivity contribution in [1.82, 2.24) is 15.0 Å². The maximum Gasteiger partial charge on any atom is 0.0972 e. The molecule has 11 aromatic rings. The van der Waals surface area contributed by atoms with Crippen LogP contribution in [0.1, 0.15) is 0 Å². The van der Waals surface area contributed by atoms with Gasteiger partial charge in [0.05, 0.1) is 33.5 Å². The molecule has 230 valence electrons. The highest BCUT2D eigenvalue weighted by atomic mass is 14.8. The summed E-state index contributed by atoms with van der Waals surface area (Å²) in [7, 11) is 0. The van der Waals surface area contributed by atoms with Crippen molar-refractivity contribution in [3.05, 3.63) is 164 Å². The predicted octanol–water partition coefficient (Wildman–Crippen LogP) is 12.4. The van der Waals surface area contributed by atoms with E-state index >= 15 is 0 Å². The molecule has 3 aromatic heterocycles. The quantitative estimate of drug-likeness (QED) is 0.144. The predicted molar refractivity (Wildman–Crippen MR) is 210 cm³/mol. The molecule has 0 amide bonds. The standard InChI is InChI=1S/C47H27N3/c1-3-10-40-37(8-1)44(38-9-2-4-11-41(38)48-40)31-14-12-28(13-15-31)39-26-22-33-18-19-34-23-27-42(50-47(34)46(33)49-39)35-24-20-32-17-16-29-6-5-7-30-21-25-36(35)45(32)43(29)30/h1-27H. The average molecular weight is 634 g/mol. The van der Waals surface area contributed by atoms with Crippen molar-refractivity contribution in [3.8, 4) is 33.6 Å². The highest BCUT2D eigenvalue weighted by Gasteiger charge is 2.15. The Balaban J connectivity index is 1.05. The van der Waals surface area contributed by atoms with Gasteiger partial charge in [-0.25, -0.2) is 15.0 Å². The lowest BCUT2D eigenvalue weighted by atomic mass is 9.91. The first kappa shape index (κ1) is 27.3. The van der Waals surface area contributed by atoms with Crippen LogP contribution < -0.4 is 0 Å². The number of pyridine rings is 3. The Labute approximate surface area is 287 Å². The van der Waals surface area contributed by atoms with E-state index in [0.29, 0.717) is 0 Å². The molecular formula is C47H27N3. The largest absolute Gasteiger partial charge is 0.248 e. The van der Waals surface area contributed by atoms with E-state index in [1.54, 1.807) is 0 Å². The molecule has 0 unspecified atom stereocenters. The van der Waals surface area contributed by atoms with E-state index in [2.05, 4.69) is 164 Å². The molecule has 0 radical (unpaired) electrons. The maximum atomic E-state index is 5.33. The Hall–Kier alpha value is -6.71. The number of fused-ring (bicyclic) bond motifs is 5. The van der Waals surface area contributed by atoms with Gasteiger partial charge in [-0.15, -0.1) is 0 Å². The second kappa shape index (κ2) is 10.4. The first-order valence-electron chi connectivity index (χ1n) is 17.0. The Morgan fingerprint density at radius 1 is 0.300 bits per heavy atom. The molecule has 11 rings (SSSR count). The summed E-state index contributed by atoms with van der Waals surface area (Å²) in [6.07, 6.45) is 0. The molecule has 8 aromatic carbocycles. The van der Waals surface area contributed by atoms with Crippen LogP contribution in [0.2, 0.25) is 0 Å². The smallest absolute Gasteiger partial charge is 0.0972 e. The lowest BCUT2D eigenvalue weighted by Gasteiger charge is -2.14. The topological polar surface area (TPSA) is 38.7 Å². The number of nitrogens with zero attached hydrogens (tertiary/aromatic N) is 3. The van der Waals surface area contributed by atoms with E-state index in [1.165, 1.54) is 37.9 Å². The van der Waals surface area contributed by atoms with Gasteiger partial charge in [0.15, 0.2) is 0 Å². The second-order valence-corrected chi connectivity index (χ2v) is 13.2. The van der Waals surface area contributed by atoms with Gasteiger partial charge >= 0.3 is 0 Å². The Morgan fingerprint density at radius 2 is 0.820 bits per heavy atom. The summed E-state index contributed by atoms with van der Waals surface area (Å²) >= 11 is 0. The van der Waals surface area contributed by atoms with E-state index in [-0.39, 0.29) is 0 Å². The fourth-order valence-electron chi connectivity index (χ4n) is 8.00.